The molecule has 0 bridgehead atoms. The van der Waals surface area contributed by atoms with Crippen LogP contribution in [-0.4, -0.2) is 48.4 Å². The molecule has 0 saturated heterocycles. The van der Waals surface area contributed by atoms with Gasteiger partial charge >= 0.3 is 41.8 Å². The third-order valence-corrected chi connectivity index (χ3v) is 4.06. The van der Waals surface area contributed by atoms with E-state index in [4.69, 9.17) is 0 Å². The quantitative estimate of drug-likeness (QED) is 0.196. The van der Waals surface area contributed by atoms with Gasteiger partial charge in [-0.1, -0.05) is 20.4 Å². The minimum atomic E-state index is -7.92. The Balaban J connectivity index is 5.77. The van der Waals surface area contributed by atoms with Gasteiger partial charge in [-0.25, -0.2) is 4.79 Å². The number of rotatable bonds is 10. The van der Waals surface area contributed by atoms with Crippen molar-refractivity contribution in [1.82, 2.24) is 0 Å². The lowest BCUT2D eigenvalue weighted by Gasteiger charge is -2.40. The van der Waals surface area contributed by atoms with Crippen molar-refractivity contribution in [3.8, 4) is 0 Å². The van der Waals surface area contributed by atoms with Gasteiger partial charge in [-0.2, -0.15) is 57.1 Å². The zero-order chi connectivity index (χ0) is 25.5. The molecule has 184 valence electrons. The molecule has 0 atom stereocenters. The van der Waals surface area contributed by atoms with Gasteiger partial charge in [0.2, 0.25) is 0 Å². The van der Waals surface area contributed by atoms with E-state index >= 15 is 0 Å². The SMILES string of the molecule is C=C(C)C(=O)OCC(C)(C)CCC(F)(F)C(F)(F)C(F)(F)C(F)(F)C(F)(F)C(F)(F)F. The molecule has 0 aromatic carbocycles. The first kappa shape index (κ1) is 29.3. The van der Waals surface area contributed by atoms with Crippen LogP contribution in [0.2, 0.25) is 0 Å². The van der Waals surface area contributed by atoms with Gasteiger partial charge in [-0.15, -0.1) is 0 Å². The number of carbonyl (C=O) groups excluding carboxylic acids is 1. The van der Waals surface area contributed by atoms with Crippen molar-refractivity contribution in [1.29, 1.82) is 0 Å². The Morgan fingerprint density at radius 1 is 0.710 bits per heavy atom. The summed E-state index contributed by atoms with van der Waals surface area (Å²) in [5, 5.41) is 0. The first-order chi connectivity index (χ1) is 13.3. The van der Waals surface area contributed by atoms with Gasteiger partial charge in [0.1, 0.15) is 0 Å². The van der Waals surface area contributed by atoms with Crippen LogP contribution in [0, 0.1) is 5.41 Å². The van der Waals surface area contributed by atoms with Gasteiger partial charge in [0.15, 0.2) is 0 Å². The molecule has 0 fully saturated rings. The van der Waals surface area contributed by atoms with Gasteiger partial charge < -0.3 is 4.74 Å². The zero-order valence-electron chi connectivity index (χ0n) is 16.1. The molecule has 0 aliphatic heterocycles. The first-order valence-corrected chi connectivity index (χ1v) is 8.07. The van der Waals surface area contributed by atoms with E-state index in [1.807, 2.05) is 0 Å². The smallest absolute Gasteiger partial charge is 0.460 e. The van der Waals surface area contributed by atoms with Gasteiger partial charge in [0, 0.05) is 12.0 Å². The summed E-state index contributed by atoms with van der Waals surface area (Å²) in [4.78, 5) is 11.2. The number of halogens is 13. The fraction of sp³-hybridized carbons (Fsp3) is 0.812. The van der Waals surface area contributed by atoms with Gasteiger partial charge in [0.25, 0.3) is 0 Å². The molecule has 0 heterocycles. The molecule has 0 aromatic rings. The standard InChI is InChI=1S/C16H17F13O2/c1-8(2)9(30)31-7-10(3,4)5-6-11(17,18)12(19,20)13(21,22)14(23,24)15(25,26)16(27,28)29/h1,5-7H2,2-4H3. The lowest BCUT2D eigenvalue weighted by atomic mass is 9.84. The second kappa shape index (κ2) is 8.34. The minimum Gasteiger partial charge on any atom is -0.462 e. The largest absolute Gasteiger partial charge is 0.462 e. The lowest BCUT2D eigenvalue weighted by Crippen LogP contribution is -2.70. The third kappa shape index (κ3) is 5.38. The third-order valence-electron chi connectivity index (χ3n) is 4.06. The van der Waals surface area contributed by atoms with Crippen LogP contribution in [0.25, 0.3) is 0 Å². The fourth-order valence-electron chi connectivity index (χ4n) is 1.91. The molecule has 0 amide bonds. The fourth-order valence-corrected chi connectivity index (χ4v) is 1.91. The number of ether oxygens (including phenoxy) is 1. The maximum absolute atomic E-state index is 13.8. The molecule has 0 aromatic heterocycles. The minimum absolute atomic E-state index is 0.153. The van der Waals surface area contributed by atoms with E-state index in [2.05, 4.69) is 11.3 Å². The van der Waals surface area contributed by atoms with E-state index in [0.29, 0.717) is 0 Å². The summed E-state index contributed by atoms with van der Waals surface area (Å²) < 4.78 is 174. The molecule has 0 spiro atoms. The molecule has 0 N–H and O–H groups in total. The van der Waals surface area contributed by atoms with Crippen LogP contribution in [0.1, 0.15) is 33.6 Å². The molecule has 2 nitrogen and oxygen atoms in total. The summed E-state index contributed by atoms with van der Waals surface area (Å²) in [5.74, 6) is -38.0. The monoisotopic (exact) mass is 488 g/mol. The number of hydrogen-bond acceptors (Lipinski definition) is 2. The summed E-state index contributed by atoms with van der Waals surface area (Å²) in [5.41, 5.74) is -1.79. The highest BCUT2D eigenvalue weighted by molar-refractivity contribution is 5.86. The molecule has 31 heavy (non-hydrogen) atoms. The van der Waals surface area contributed by atoms with Gasteiger partial charge in [0.05, 0.1) is 6.61 Å². The van der Waals surface area contributed by atoms with E-state index in [1.165, 1.54) is 6.92 Å². The molecule has 0 saturated carbocycles. The molecule has 0 unspecified atom stereocenters. The van der Waals surface area contributed by atoms with Crippen molar-refractivity contribution in [3.63, 3.8) is 0 Å². The summed E-state index contributed by atoms with van der Waals surface area (Å²) in [6.45, 7) is 5.63. The van der Waals surface area contributed by atoms with Crippen molar-refractivity contribution in [2.45, 2.75) is 69.4 Å². The normalized spacial score (nSPS) is 15.1. The van der Waals surface area contributed by atoms with E-state index in [9.17, 15) is 61.9 Å². The van der Waals surface area contributed by atoms with E-state index in [0.717, 1.165) is 13.8 Å². The van der Waals surface area contributed by atoms with Crippen LogP contribution < -0.4 is 0 Å². The maximum Gasteiger partial charge on any atom is 0.460 e. The zero-order valence-corrected chi connectivity index (χ0v) is 16.1. The predicted octanol–water partition coefficient (Wildman–Crippen LogP) is 6.65. The number of hydrogen-bond donors (Lipinski definition) is 0. The summed E-state index contributed by atoms with van der Waals surface area (Å²) in [6.07, 6.45) is -11.0. The Labute approximate surface area is 167 Å². The summed E-state index contributed by atoms with van der Waals surface area (Å²) in [7, 11) is 0. The molecule has 0 aliphatic carbocycles. The highest BCUT2D eigenvalue weighted by Crippen LogP contribution is 2.61. The molecular weight excluding hydrogens is 471 g/mol. The van der Waals surface area contributed by atoms with Crippen molar-refractivity contribution in [3.05, 3.63) is 12.2 Å². The van der Waals surface area contributed by atoms with Crippen molar-refractivity contribution >= 4 is 5.97 Å². The molecule has 0 radical (unpaired) electrons. The van der Waals surface area contributed by atoms with Crippen molar-refractivity contribution in [2.75, 3.05) is 6.61 Å². The Morgan fingerprint density at radius 2 is 1.10 bits per heavy atom. The van der Waals surface area contributed by atoms with Crippen LogP contribution in [0.5, 0.6) is 0 Å². The average Bonchev–Trinajstić information content (AvgIpc) is 2.56. The van der Waals surface area contributed by atoms with Crippen molar-refractivity contribution in [2.24, 2.45) is 5.41 Å². The van der Waals surface area contributed by atoms with E-state index in [-0.39, 0.29) is 5.57 Å². The molecular formula is C16H17F13O2. The maximum atomic E-state index is 13.8. The lowest BCUT2D eigenvalue weighted by molar-refractivity contribution is -0.440. The predicted molar refractivity (Wildman–Crippen MR) is 79.6 cm³/mol. The topological polar surface area (TPSA) is 26.3 Å². The van der Waals surface area contributed by atoms with Crippen LogP contribution in [0.3, 0.4) is 0 Å². The van der Waals surface area contributed by atoms with Gasteiger partial charge in [-0.3, -0.25) is 0 Å². The van der Waals surface area contributed by atoms with Gasteiger partial charge in [-0.05, 0) is 18.8 Å². The van der Waals surface area contributed by atoms with Crippen LogP contribution >= 0.6 is 0 Å². The average molecular weight is 488 g/mol. The molecule has 0 aliphatic rings. The Hall–Kier alpha value is -1.70. The number of alkyl halides is 13. The number of carbonyl (C=O) groups is 1. The Morgan fingerprint density at radius 3 is 1.45 bits per heavy atom. The van der Waals surface area contributed by atoms with Crippen molar-refractivity contribution < 1.29 is 66.6 Å². The second-order valence-electron chi connectivity index (χ2n) is 7.52. The highest BCUT2D eigenvalue weighted by Gasteiger charge is 2.90. The van der Waals surface area contributed by atoms with Crippen LogP contribution in [-0.2, 0) is 9.53 Å². The summed E-state index contributed by atoms with van der Waals surface area (Å²) >= 11 is 0. The number of esters is 1. The van der Waals surface area contributed by atoms with Crippen LogP contribution in [0.4, 0.5) is 57.1 Å². The Kier molecular flexibility index (Phi) is 7.88. The van der Waals surface area contributed by atoms with Crippen LogP contribution in [0.15, 0.2) is 12.2 Å². The molecule has 0 rings (SSSR count). The summed E-state index contributed by atoms with van der Waals surface area (Å²) in [6, 6.07) is 0. The molecule has 15 heteroatoms. The Bertz CT molecular complexity index is 677. The second-order valence-corrected chi connectivity index (χ2v) is 7.52. The highest BCUT2D eigenvalue weighted by atomic mass is 19.4. The van der Waals surface area contributed by atoms with E-state index < -0.39 is 66.6 Å². The van der Waals surface area contributed by atoms with E-state index in [1.54, 1.807) is 0 Å². The first-order valence-electron chi connectivity index (χ1n) is 8.07.